The number of urea groups is 1. The van der Waals surface area contributed by atoms with Crippen LogP contribution in [0.15, 0.2) is 4.99 Å². The molecule has 0 spiro atoms. The molecule has 1 aliphatic heterocycles. The maximum absolute atomic E-state index is 11.5. The fourth-order valence-corrected chi connectivity index (χ4v) is 1.51. The van der Waals surface area contributed by atoms with E-state index in [1.165, 1.54) is 0 Å². The minimum atomic E-state index is -0.451. The fourth-order valence-electron chi connectivity index (χ4n) is 1.51. The molecule has 0 aliphatic carbocycles. The molecule has 0 aromatic carbocycles. The Hall–Kier alpha value is -1.39. The maximum atomic E-state index is 11.5. The van der Waals surface area contributed by atoms with Crippen LogP contribution in [0.3, 0.4) is 0 Å². The summed E-state index contributed by atoms with van der Waals surface area (Å²) in [5.74, 6) is -0.783. The molecule has 0 aromatic heterocycles. The van der Waals surface area contributed by atoms with E-state index in [1.807, 2.05) is 0 Å². The van der Waals surface area contributed by atoms with Crippen LogP contribution in [0.4, 0.5) is 4.79 Å². The van der Waals surface area contributed by atoms with Crippen LogP contribution in [-0.2, 0) is 9.53 Å². The van der Waals surface area contributed by atoms with Gasteiger partial charge in [-0.2, -0.15) is 0 Å². The normalized spacial score (nSPS) is 26.5. The zero-order valence-electron chi connectivity index (χ0n) is 8.53. The Kier molecular flexibility index (Phi) is 3.22. The number of hydrogen-bond donors (Lipinski definition) is 1. The lowest BCUT2D eigenvalue weighted by molar-refractivity contribution is -0.146. The average molecular weight is 198 g/mol. The van der Waals surface area contributed by atoms with Crippen LogP contribution >= 0.6 is 0 Å². The molecule has 0 radical (unpaired) electrons. The van der Waals surface area contributed by atoms with Gasteiger partial charge in [-0.25, -0.2) is 9.79 Å². The van der Waals surface area contributed by atoms with Crippen molar-refractivity contribution in [2.45, 2.75) is 26.8 Å². The highest BCUT2D eigenvalue weighted by molar-refractivity contribution is 6.07. The minimum absolute atomic E-state index is 0.251. The molecule has 0 bridgehead atoms. The molecule has 2 amide bonds. The number of nitrogens with zero attached hydrogens (tertiary/aromatic N) is 1. The number of carbonyl (C=O) groups excluding carboxylic acids is 2. The smallest absolute Gasteiger partial charge is 0.341 e. The van der Waals surface area contributed by atoms with E-state index in [9.17, 15) is 9.59 Å². The first-order valence-electron chi connectivity index (χ1n) is 4.58. The van der Waals surface area contributed by atoms with E-state index in [2.05, 4.69) is 10.3 Å². The van der Waals surface area contributed by atoms with Crippen LogP contribution in [0, 0.1) is 5.92 Å². The topological polar surface area (TPSA) is 67.8 Å². The van der Waals surface area contributed by atoms with E-state index >= 15 is 0 Å². The number of amides is 2. The minimum Gasteiger partial charge on any atom is -0.465 e. The number of hydrogen-bond acceptors (Lipinski definition) is 3. The molecule has 5 nitrogen and oxygen atoms in total. The summed E-state index contributed by atoms with van der Waals surface area (Å²) in [5.41, 5.74) is 0.514. The van der Waals surface area contributed by atoms with Crippen LogP contribution in [0.2, 0.25) is 0 Å². The second-order valence-corrected chi connectivity index (χ2v) is 3.22. The van der Waals surface area contributed by atoms with Gasteiger partial charge in [-0.05, 0) is 20.8 Å². The molecule has 0 saturated heterocycles. The largest absolute Gasteiger partial charge is 0.465 e. The molecular formula is C9H14N2O3. The molecule has 1 heterocycles. The number of rotatable bonds is 2. The monoisotopic (exact) mass is 198 g/mol. The van der Waals surface area contributed by atoms with Crippen LogP contribution in [-0.4, -0.2) is 30.4 Å². The third-order valence-electron chi connectivity index (χ3n) is 2.12. The van der Waals surface area contributed by atoms with Crippen molar-refractivity contribution in [3.8, 4) is 0 Å². The molecule has 0 unspecified atom stereocenters. The van der Waals surface area contributed by atoms with Gasteiger partial charge in [-0.1, -0.05) is 0 Å². The number of ether oxygens (including phenoxy) is 1. The molecule has 1 rings (SSSR count). The first kappa shape index (κ1) is 10.7. The highest BCUT2D eigenvalue weighted by Gasteiger charge is 2.33. The Morgan fingerprint density at radius 2 is 2.29 bits per heavy atom. The molecule has 0 aromatic rings. The number of aliphatic imine (C=N–C) groups is 1. The van der Waals surface area contributed by atoms with Crippen molar-refractivity contribution in [2.75, 3.05) is 6.61 Å². The van der Waals surface area contributed by atoms with Crippen LogP contribution in [0.25, 0.3) is 0 Å². The molecular weight excluding hydrogens is 184 g/mol. The standard InChI is InChI=1S/C9H14N2O3/c1-4-14-8(12)7-5(2)10-9(13)11-6(7)3/h5,7H,4H2,1-3H3,(H,10,13)/t5-,7-/m0/s1. The predicted molar refractivity (Wildman–Crippen MR) is 51.2 cm³/mol. The van der Waals surface area contributed by atoms with E-state index in [0.29, 0.717) is 12.3 Å². The number of carbonyl (C=O) groups is 2. The quantitative estimate of drug-likeness (QED) is 0.665. The zero-order chi connectivity index (χ0) is 10.7. The first-order valence-corrected chi connectivity index (χ1v) is 4.58. The summed E-state index contributed by atoms with van der Waals surface area (Å²) in [4.78, 5) is 26.1. The van der Waals surface area contributed by atoms with Crippen LogP contribution < -0.4 is 5.32 Å². The fraction of sp³-hybridized carbons (Fsp3) is 0.667. The van der Waals surface area contributed by atoms with Crippen molar-refractivity contribution in [2.24, 2.45) is 10.9 Å². The second kappa shape index (κ2) is 4.21. The van der Waals surface area contributed by atoms with Gasteiger partial charge in [0.25, 0.3) is 0 Å². The lowest BCUT2D eigenvalue weighted by Crippen LogP contribution is -2.48. The highest BCUT2D eigenvalue weighted by Crippen LogP contribution is 2.13. The summed E-state index contributed by atoms with van der Waals surface area (Å²) in [6, 6.07) is -0.644. The van der Waals surface area contributed by atoms with Crippen molar-refractivity contribution in [1.82, 2.24) is 5.32 Å². The summed E-state index contributed by atoms with van der Waals surface area (Å²) >= 11 is 0. The molecule has 5 heteroatoms. The third-order valence-corrected chi connectivity index (χ3v) is 2.12. The van der Waals surface area contributed by atoms with Gasteiger partial charge in [-0.15, -0.1) is 0 Å². The van der Waals surface area contributed by atoms with Crippen molar-refractivity contribution < 1.29 is 14.3 Å². The average Bonchev–Trinajstić information content (AvgIpc) is 2.01. The summed E-state index contributed by atoms with van der Waals surface area (Å²) < 4.78 is 4.89. The van der Waals surface area contributed by atoms with Crippen molar-refractivity contribution in [3.05, 3.63) is 0 Å². The Labute approximate surface area is 82.5 Å². The van der Waals surface area contributed by atoms with Gasteiger partial charge in [-0.3, -0.25) is 4.79 Å². The third kappa shape index (κ3) is 2.10. The molecule has 14 heavy (non-hydrogen) atoms. The molecule has 0 fully saturated rings. The van der Waals surface area contributed by atoms with Crippen LogP contribution in [0.5, 0.6) is 0 Å². The van der Waals surface area contributed by atoms with Gasteiger partial charge in [0, 0.05) is 11.8 Å². The van der Waals surface area contributed by atoms with Gasteiger partial charge in [0.2, 0.25) is 0 Å². The predicted octanol–water partition coefficient (Wildman–Crippen LogP) is 0.738. The van der Waals surface area contributed by atoms with Gasteiger partial charge in [0.1, 0.15) is 5.92 Å². The lowest BCUT2D eigenvalue weighted by atomic mass is 9.95. The molecule has 0 saturated carbocycles. The first-order chi connectivity index (χ1) is 6.56. The van der Waals surface area contributed by atoms with Crippen molar-refractivity contribution >= 4 is 17.7 Å². The molecule has 1 aliphatic rings. The van der Waals surface area contributed by atoms with Crippen molar-refractivity contribution in [3.63, 3.8) is 0 Å². The number of nitrogens with one attached hydrogen (secondary N) is 1. The van der Waals surface area contributed by atoms with E-state index in [-0.39, 0.29) is 12.0 Å². The molecule has 78 valence electrons. The molecule has 2 atom stereocenters. The van der Waals surface area contributed by atoms with E-state index < -0.39 is 11.9 Å². The SMILES string of the molecule is CCOC(=O)[C@@H]1C(C)=NC(=O)N[C@H]1C. The lowest BCUT2D eigenvalue weighted by Gasteiger charge is -2.26. The van der Waals surface area contributed by atoms with Crippen molar-refractivity contribution in [1.29, 1.82) is 0 Å². The Morgan fingerprint density at radius 3 is 2.79 bits per heavy atom. The van der Waals surface area contributed by atoms with Gasteiger partial charge in [0.15, 0.2) is 0 Å². The summed E-state index contributed by atoms with van der Waals surface area (Å²) in [5, 5.41) is 2.57. The van der Waals surface area contributed by atoms with Gasteiger partial charge >= 0.3 is 12.0 Å². The number of esters is 1. The molecule has 1 N–H and O–H groups in total. The highest BCUT2D eigenvalue weighted by atomic mass is 16.5. The van der Waals surface area contributed by atoms with Crippen LogP contribution in [0.1, 0.15) is 20.8 Å². The Balaban J connectivity index is 2.81. The maximum Gasteiger partial charge on any atom is 0.341 e. The summed E-state index contributed by atoms with van der Waals surface area (Å²) in [7, 11) is 0. The zero-order valence-corrected chi connectivity index (χ0v) is 8.53. The van der Waals surface area contributed by atoms with E-state index in [1.54, 1.807) is 20.8 Å². The Bertz CT molecular complexity index is 286. The summed E-state index contributed by atoms with van der Waals surface area (Å²) in [6.07, 6.45) is 0. The summed E-state index contributed by atoms with van der Waals surface area (Å²) in [6.45, 7) is 5.51. The van der Waals surface area contributed by atoms with E-state index in [0.717, 1.165) is 0 Å². The van der Waals surface area contributed by atoms with E-state index in [4.69, 9.17) is 4.74 Å². The van der Waals surface area contributed by atoms with Gasteiger partial charge < -0.3 is 10.1 Å². The Morgan fingerprint density at radius 1 is 1.64 bits per heavy atom. The second-order valence-electron chi connectivity index (χ2n) is 3.22. The van der Waals surface area contributed by atoms with Gasteiger partial charge in [0.05, 0.1) is 6.61 Å².